The van der Waals surface area contributed by atoms with E-state index in [0.29, 0.717) is 18.3 Å². The SMILES string of the molecule is COC[C@@H]1CCCN(C(=O)C[C@@H](N)C2CC2)C1. The van der Waals surface area contributed by atoms with Gasteiger partial charge in [0, 0.05) is 32.7 Å². The van der Waals surface area contributed by atoms with Crippen molar-refractivity contribution in [1.29, 1.82) is 0 Å². The summed E-state index contributed by atoms with van der Waals surface area (Å²) < 4.78 is 5.18. The van der Waals surface area contributed by atoms with Gasteiger partial charge in [0.2, 0.25) is 5.91 Å². The Hall–Kier alpha value is -0.610. The van der Waals surface area contributed by atoms with Crippen molar-refractivity contribution in [1.82, 2.24) is 4.90 Å². The molecule has 4 heteroatoms. The van der Waals surface area contributed by atoms with Crippen LogP contribution in [0.3, 0.4) is 0 Å². The van der Waals surface area contributed by atoms with Gasteiger partial charge in [0.25, 0.3) is 0 Å². The number of methoxy groups -OCH3 is 1. The summed E-state index contributed by atoms with van der Waals surface area (Å²) in [7, 11) is 1.73. The number of hydrogen-bond donors (Lipinski definition) is 1. The fourth-order valence-corrected chi connectivity index (χ4v) is 2.69. The predicted octanol–water partition coefficient (Wildman–Crippen LogP) is 0.999. The maximum Gasteiger partial charge on any atom is 0.224 e. The second-order valence-corrected chi connectivity index (χ2v) is 5.51. The molecule has 2 atom stereocenters. The third kappa shape index (κ3) is 3.68. The largest absolute Gasteiger partial charge is 0.384 e. The molecule has 2 fully saturated rings. The second kappa shape index (κ2) is 5.83. The average molecular weight is 240 g/mol. The summed E-state index contributed by atoms with van der Waals surface area (Å²) in [6.07, 6.45) is 5.22. The van der Waals surface area contributed by atoms with Crippen LogP contribution in [0.25, 0.3) is 0 Å². The number of carbonyl (C=O) groups is 1. The molecule has 98 valence electrons. The third-order valence-corrected chi connectivity index (χ3v) is 3.91. The molecule has 1 saturated carbocycles. The van der Waals surface area contributed by atoms with E-state index in [4.69, 9.17) is 10.5 Å². The van der Waals surface area contributed by atoms with Crippen LogP contribution >= 0.6 is 0 Å². The van der Waals surface area contributed by atoms with E-state index in [0.717, 1.165) is 26.1 Å². The standard InChI is InChI=1S/C13H24N2O2/c1-17-9-10-3-2-6-15(8-10)13(16)7-12(14)11-4-5-11/h10-12H,2-9,14H2,1H3/t10-,12-/m1/s1. The lowest BCUT2D eigenvalue weighted by molar-refractivity contribution is -0.133. The Kier molecular flexibility index (Phi) is 4.40. The molecule has 0 aromatic heterocycles. The van der Waals surface area contributed by atoms with Crippen LogP contribution in [0.2, 0.25) is 0 Å². The highest BCUT2D eigenvalue weighted by atomic mass is 16.5. The molecule has 1 amide bonds. The molecule has 0 aromatic carbocycles. The van der Waals surface area contributed by atoms with Crippen LogP contribution < -0.4 is 5.73 Å². The fraction of sp³-hybridized carbons (Fsp3) is 0.923. The maximum atomic E-state index is 12.1. The molecule has 2 aliphatic rings. The van der Waals surface area contributed by atoms with Gasteiger partial charge in [-0.3, -0.25) is 4.79 Å². The Balaban J connectivity index is 1.77. The summed E-state index contributed by atoms with van der Waals surface area (Å²) in [5.41, 5.74) is 6.01. The molecule has 0 bridgehead atoms. The average Bonchev–Trinajstić information content (AvgIpc) is 3.13. The quantitative estimate of drug-likeness (QED) is 0.780. The van der Waals surface area contributed by atoms with Gasteiger partial charge in [-0.15, -0.1) is 0 Å². The fourth-order valence-electron chi connectivity index (χ4n) is 2.69. The molecule has 0 aromatic rings. The zero-order valence-electron chi connectivity index (χ0n) is 10.7. The van der Waals surface area contributed by atoms with Crippen molar-refractivity contribution in [3.63, 3.8) is 0 Å². The van der Waals surface area contributed by atoms with Crippen molar-refractivity contribution < 1.29 is 9.53 Å². The van der Waals surface area contributed by atoms with Crippen molar-refractivity contribution in [3.05, 3.63) is 0 Å². The molecule has 2 rings (SSSR count). The Morgan fingerprint density at radius 1 is 1.47 bits per heavy atom. The highest BCUT2D eigenvalue weighted by Crippen LogP contribution is 2.33. The van der Waals surface area contributed by atoms with E-state index in [1.165, 1.54) is 19.3 Å². The molecule has 4 nitrogen and oxygen atoms in total. The third-order valence-electron chi connectivity index (χ3n) is 3.91. The monoisotopic (exact) mass is 240 g/mol. The molecular formula is C13H24N2O2. The van der Waals surface area contributed by atoms with Gasteiger partial charge >= 0.3 is 0 Å². The topological polar surface area (TPSA) is 55.6 Å². The number of piperidine rings is 1. The minimum absolute atomic E-state index is 0.0882. The van der Waals surface area contributed by atoms with E-state index in [2.05, 4.69) is 0 Å². The van der Waals surface area contributed by atoms with Crippen LogP contribution in [-0.4, -0.2) is 43.7 Å². The first-order valence-corrected chi connectivity index (χ1v) is 6.73. The normalized spacial score (nSPS) is 26.9. The minimum Gasteiger partial charge on any atom is -0.384 e. The van der Waals surface area contributed by atoms with E-state index in [1.54, 1.807) is 7.11 Å². The van der Waals surface area contributed by atoms with Crippen molar-refractivity contribution >= 4 is 5.91 Å². The van der Waals surface area contributed by atoms with Crippen LogP contribution in [0.15, 0.2) is 0 Å². The van der Waals surface area contributed by atoms with Crippen molar-refractivity contribution in [3.8, 4) is 0 Å². The van der Waals surface area contributed by atoms with E-state index in [-0.39, 0.29) is 11.9 Å². The summed E-state index contributed by atoms with van der Waals surface area (Å²) in [5.74, 6) is 1.36. The summed E-state index contributed by atoms with van der Waals surface area (Å²) in [4.78, 5) is 14.1. The summed E-state index contributed by atoms with van der Waals surface area (Å²) >= 11 is 0. The zero-order valence-corrected chi connectivity index (χ0v) is 10.7. The zero-order chi connectivity index (χ0) is 12.3. The number of likely N-dealkylation sites (tertiary alicyclic amines) is 1. The van der Waals surface area contributed by atoms with Gasteiger partial charge in [-0.2, -0.15) is 0 Å². The summed E-state index contributed by atoms with van der Waals surface area (Å²) in [6, 6.07) is 0.0882. The minimum atomic E-state index is 0.0882. The highest BCUT2D eigenvalue weighted by Gasteiger charge is 2.32. The van der Waals surface area contributed by atoms with E-state index in [1.807, 2.05) is 4.90 Å². The predicted molar refractivity (Wildman–Crippen MR) is 66.5 cm³/mol. The lowest BCUT2D eigenvalue weighted by atomic mass is 9.98. The highest BCUT2D eigenvalue weighted by molar-refractivity contribution is 5.77. The first-order chi connectivity index (χ1) is 8.20. The number of amides is 1. The van der Waals surface area contributed by atoms with Crippen molar-refractivity contribution in [2.24, 2.45) is 17.6 Å². The van der Waals surface area contributed by atoms with Gasteiger partial charge < -0.3 is 15.4 Å². The number of ether oxygens (including phenoxy) is 1. The Bertz CT molecular complexity index is 264. The van der Waals surface area contributed by atoms with Crippen molar-refractivity contribution in [2.45, 2.75) is 38.1 Å². The Morgan fingerprint density at radius 2 is 2.24 bits per heavy atom. The van der Waals surface area contributed by atoms with E-state index >= 15 is 0 Å². The van der Waals surface area contributed by atoms with Crippen LogP contribution in [0.1, 0.15) is 32.1 Å². The van der Waals surface area contributed by atoms with Gasteiger partial charge in [0.05, 0.1) is 6.61 Å². The van der Waals surface area contributed by atoms with Gasteiger partial charge in [0.1, 0.15) is 0 Å². The molecule has 1 saturated heterocycles. The van der Waals surface area contributed by atoms with Crippen LogP contribution in [0.5, 0.6) is 0 Å². The van der Waals surface area contributed by atoms with Gasteiger partial charge in [-0.25, -0.2) is 0 Å². The number of rotatable bonds is 5. The van der Waals surface area contributed by atoms with Crippen molar-refractivity contribution in [2.75, 3.05) is 26.8 Å². The maximum absolute atomic E-state index is 12.1. The second-order valence-electron chi connectivity index (χ2n) is 5.51. The van der Waals surface area contributed by atoms with E-state index < -0.39 is 0 Å². The number of hydrogen-bond acceptors (Lipinski definition) is 3. The molecule has 1 heterocycles. The molecule has 17 heavy (non-hydrogen) atoms. The van der Waals surface area contributed by atoms with Crippen LogP contribution in [0, 0.1) is 11.8 Å². The molecule has 1 aliphatic heterocycles. The summed E-state index contributed by atoms with van der Waals surface area (Å²) in [5, 5.41) is 0. The van der Waals surface area contributed by atoms with Crippen LogP contribution in [-0.2, 0) is 9.53 Å². The molecule has 0 radical (unpaired) electrons. The molecule has 2 N–H and O–H groups in total. The molecule has 0 spiro atoms. The number of nitrogens with zero attached hydrogens (tertiary/aromatic N) is 1. The first-order valence-electron chi connectivity index (χ1n) is 6.73. The van der Waals surface area contributed by atoms with E-state index in [9.17, 15) is 4.79 Å². The summed E-state index contributed by atoms with van der Waals surface area (Å²) in [6.45, 7) is 2.51. The molecular weight excluding hydrogens is 216 g/mol. The van der Waals surface area contributed by atoms with Gasteiger partial charge in [-0.1, -0.05) is 0 Å². The lowest BCUT2D eigenvalue weighted by Crippen LogP contribution is -2.43. The molecule has 0 unspecified atom stereocenters. The number of nitrogens with two attached hydrogens (primary N) is 1. The smallest absolute Gasteiger partial charge is 0.224 e. The Morgan fingerprint density at radius 3 is 2.88 bits per heavy atom. The lowest BCUT2D eigenvalue weighted by Gasteiger charge is -2.33. The Labute approximate surface area is 103 Å². The van der Waals surface area contributed by atoms with Gasteiger partial charge in [-0.05, 0) is 37.5 Å². The first kappa shape index (κ1) is 12.8. The van der Waals surface area contributed by atoms with Gasteiger partial charge in [0.15, 0.2) is 0 Å². The number of carbonyl (C=O) groups excluding carboxylic acids is 1. The van der Waals surface area contributed by atoms with Crippen LogP contribution in [0.4, 0.5) is 0 Å². The molecule has 1 aliphatic carbocycles.